The average Bonchev–Trinajstić information content (AvgIpc) is 4.19. The van der Waals surface area contributed by atoms with E-state index in [4.69, 9.17) is 21.3 Å². The number of ether oxygens (including phenoxy) is 1. The minimum Gasteiger partial charge on any atom is -0.460 e. The van der Waals surface area contributed by atoms with Crippen molar-refractivity contribution in [2.45, 2.75) is 117 Å². The van der Waals surface area contributed by atoms with E-state index in [1.165, 1.54) is 20.2 Å². The predicted molar refractivity (Wildman–Crippen MR) is 278 cm³/mol. The van der Waals surface area contributed by atoms with E-state index in [1.54, 1.807) is 52.0 Å². The fourth-order valence-electron chi connectivity index (χ4n) is 9.87. The molecule has 0 unspecified atom stereocenters. The van der Waals surface area contributed by atoms with E-state index in [-0.39, 0.29) is 67.2 Å². The number of benzene rings is 2. The lowest BCUT2D eigenvalue weighted by Gasteiger charge is -2.35. The van der Waals surface area contributed by atoms with Gasteiger partial charge in [-0.25, -0.2) is 4.98 Å². The number of thiophene rings is 2. The summed E-state index contributed by atoms with van der Waals surface area (Å²) in [5.41, 5.74) is 8.30. The number of β-amino-alcohol motifs (C(OH)–C–C–N with tert-alkyl or cyclic N) is 1. The van der Waals surface area contributed by atoms with Crippen molar-refractivity contribution in [3.8, 4) is 32.7 Å². The highest BCUT2D eigenvalue weighted by Crippen LogP contribution is 2.40. The molecule has 3 amide bonds. The fourth-order valence-corrected chi connectivity index (χ4v) is 12.1. The number of carbonyl (C=O) groups excluding carboxylic acids is 3. The molecule has 10 rings (SSSR count). The number of rotatable bonds is 14. The first-order valence-corrected chi connectivity index (χ1v) is 26.3. The molecule has 19 heteroatoms. The Kier molecular flexibility index (Phi) is 13.7. The molecule has 5 atom stereocenters. The molecule has 0 radical (unpaired) electrons. The van der Waals surface area contributed by atoms with Crippen molar-refractivity contribution in [3.05, 3.63) is 134 Å². The zero-order valence-corrected chi connectivity index (χ0v) is 43.4. The second kappa shape index (κ2) is 20.1. The number of fused-ring (bicyclic) bond motifs is 3. The molecule has 2 aliphatic heterocycles. The van der Waals surface area contributed by atoms with Crippen molar-refractivity contribution in [1.82, 2.24) is 50.0 Å². The lowest BCUT2D eigenvalue weighted by Crippen LogP contribution is -2.49. The summed E-state index contributed by atoms with van der Waals surface area (Å²) in [6.07, 6.45) is 5.29. The number of hydrogen-bond acceptors (Lipinski definition) is 13. The fraction of sp³-hybridized carbons (Fsp3) is 0.377. The molecule has 0 bridgehead atoms. The van der Waals surface area contributed by atoms with Crippen LogP contribution in [0.3, 0.4) is 0 Å². The van der Waals surface area contributed by atoms with E-state index < -0.39 is 24.2 Å². The topological polar surface area (TPSA) is 195 Å². The predicted octanol–water partition coefficient (Wildman–Crippen LogP) is 8.64. The van der Waals surface area contributed by atoms with Crippen LogP contribution in [0.25, 0.3) is 26.7 Å². The van der Waals surface area contributed by atoms with Gasteiger partial charge in [0.05, 0.1) is 36.2 Å². The number of aryl methyl sites for hydroxylation is 3. The molecule has 1 aliphatic carbocycles. The maximum atomic E-state index is 14.4. The standard InChI is InChI=1S/C53H56ClN11O5S2/c1-27(2)47(51(69)63-26-39(66)22-43(63)50(68)57-30(5)33-8-10-35(11-9-33)48-28(3)17-19-71-48)64-25-36(24-56-64)41-16-18-55-53(60-41)70-40-20-38(21-40)58-44(67)23-42-49-62-61-32(7)65(49)52-45(29(4)31(6)72-52)46(59-42)34-12-14-37(54)15-13-34/h8-19,24-25,27,30,38-40,42-43,47,66H,20-23,26H2,1-7H3,(H,57,68)(H,58,67)/t30-,38-,39+,40+,42-,43-,47-/m0/s1. The van der Waals surface area contributed by atoms with E-state index in [2.05, 4.69) is 80.2 Å². The molecule has 2 aromatic carbocycles. The summed E-state index contributed by atoms with van der Waals surface area (Å²) in [7, 11) is 0. The van der Waals surface area contributed by atoms with Crippen molar-refractivity contribution >= 4 is 57.7 Å². The molecule has 16 nitrogen and oxygen atoms in total. The van der Waals surface area contributed by atoms with Gasteiger partial charge in [0, 0.05) is 75.7 Å². The lowest BCUT2D eigenvalue weighted by atomic mass is 9.89. The number of aromatic nitrogens is 7. The molecule has 72 heavy (non-hydrogen) atoms. The Balaban J connectivity index is 0.762. The third-order valence-electron chi connectivity index (χ3n) is 13.9. The number of halogens is 1. The van der Waals surface area contributed by atoms with Gasteiger partial charge in [0.1, 0.15) is 35.1 Å². The molecular formula is C53H56ClN11O5S2. The number of aliphatic hydroxyl groups is 1. The Bertz CT molecular complexity index is 3190. The Morgan fingerprint density at radius 3 is 2.40 bits per heavy atom. The van der Waals surface area contributed by atoms with Gasteiger partial charge in [-0.3, -0.25) is 28.6 Å². The van der Waals surface area contributed by atoms with E-state index in [0.29, 0.717) is 34.9 Å². The van der Waals surface area contributed by atoms with Crippen LogP contribution < -0.4 is 15.4 Å². The van der Waals surface area contributed by atoms with E-state index in [9.17, 15) is 19.5 Å². The molecule has 1 saturated heterocycles. The largest absolute Gasteiger partial charge is 0.460 e. The summed E-state index contributed by atoms with van der Waals surface area (Å²) >= 11 is 9.64. The number of carbonyl (C=O) groups is 3. The number of hydrogen-bond donors (Lipinski definition) is 3. The summed E-state index contributed by atoms with van der Waals surface area (Å²) in [4.78, 5) is 60.2. The molecule has 2 fully saturated rings. The van der Waals surface area contributed by atoms with Gasteiger partial charge in [-0.15, -0.1) is 32.9 Å². The molecule has 1 saturated carbocycles. The molecule has 3 N–H and O–H groups in total. The number of amides is 3. The van der Waals surface area contributed by atoms with Crippen molar-refractivity contribution in [3.63, 3.8) is 0 Å². The Hall–Kier alpha value is -6.60. The highest BCUT2D eigenvalue weighted by molar-refractivity contribution is 7.15. The van der Waals surface area contributed by atoms with Crippen LogP contribution in [0, 0.1) is 33.6 Å². The maximum Gasteiger partial charge on any atom is 0.317 e. The van der Waals surface area contributed by atoms with Crippen LogP contribution in [-0.4, -0.2) is 98.8 Å². The van der Waals surface area contributed by atoms with E-state index >= 15 is 0 Å². The highest BCUT2D eigenvalue weighted by atomic mass is 35.5. The average molecular weight is 1030 g/mol. The second-order valence-corrected chi connectivity index (χ2v) is 21.9. The first-order chi connectivity index (χ1) is 34.6. The van der Waals surface area contributed by atoms with Crippen LogP contribution in [0.5, 0.6) is 6.01 Å². The molecule has 3 aliphatic rings. The summed E-state index contributed by atoms with van der Waals surface area (Å²) in [5, 5.41) is 34.3. The van der Waals surface area contributed by atoms with Crippen molar-refractivity contribution < 1.29 is 24.2 Å². The number of aliphatic imine (C=N–C) groups is 1. The smallest absolute Gasteiger partial charge is 0.317 e. The second-order valence-electron chi connectivity index (χ2n) is 19.4. The minimum absolute atomic E-state index is 0.0382. The molecule has 372 valence electrons. The zero-order chi connectivity index (χ0) is 50.5. The lowest BCUT2D eigenvalue weighted by molar-refractivity contribution is -0.142. The number of aliphatic hydroxyl groups excluding tert-OH is 1. The van der Waals surface area contributed by atoms with Crippen molar-refractivity contribution in [1.29, 1.82) is 0 Å². The Morgan fingerprint density at radius 2 is 1.68 bits per heavy atom. The first kappa shape index (κ1) is 49.0. The normalized spacial score (nSPS) is 20.2. The molecular weight excluding hydrogens is 970 g/mol. The van der Waals surface area contributed by atoms with Gasteiger partial charge in [-0.05, 0) is 92.4 Å². The molecule has 7 heterocycles. The summed E-state index contributed by atoms with van der Waals surface area (Å²) in [6.45, 7) is 14.0. The van der Waals surface area contributed by atoms with Crippen LogP contribution in [0.4, 0.5) is 0 Å². The van der Waals surface area contributed by atoms with Gasteiger partial charge in [-0.1, -0.05) is 61.8 Å². The third kappa shape index (κ3) is 9.72. The van der Waals surface area contributed by atoms with E-state index in [0.717, 1.165) is 44.4 Å². The van der Waals surface area contributed by atoms with Gasteiger partial charge in [0.2, 0.25) is 17.7 Å². The van der Waals surface area contributed by atoms with Crippen LogP contribution >= 0.6 is 34.3 Å². The van der Waals surface area contributed by atoms with Crippen LogP contribution in [-0.2, 0) is 14.4 Å². The van der Waals surface area contributed by atoms with Crippen molar-refractivity contribution in [2.24, 2.45) is 10.9 Å². The van der Waals surface area contributed by atoms with Crippen LogP contribution in [0.15, 0.2) is 89.6 Å². The monoisotopic (exact) mass is 1030 g/mol. The van der Waals surface area contributed by atoms with E-state index in [1.807, 2.05) is 68.7 Å². The van der Waals surface area contributed by atoms with Gasteiger partial charge in [0.15, 0.2) is 5.82 Å². The minimum atomic E-state index is -0.846. The maximum absolute atomic E-state index is 14.4. The van der Waals surface area contributed by atoms with Gasteiger partial charge < -0.3 is 25.4 Å². The third-order valence-corrected chi connectivity index (χ3v) is 16.4. The van der Waals surface area contributed by atoms with Gasteiger partial charge >= 0.3 is 6.01 Å². The molecule has 7 aromatic rings. The quantitative estimate of drug-likeness (QED) is 0.0949. The number of nitrogens with one attached hydrogen (secondary N) is 2. The first-order valence-electron chi connectivity index (χ1n) is 24.2. The SMILES string of the molecule is Cc1ccsc1-c1ccc([C@H](C)NC(=O)[C@@H]2C[C@@H](O)CN2C(=O)[C@H](C(C)C)n2cc(-c3ccnc(O[C@H]4C[C@@H](NC(=O)C[C@@H]5N=C(c6ccc(Cl)cc6)c6c(sc(C)c6C)-n6c(C)nnc65)C4)n3)cn2)cc1. The summed E-state index contributed by atoms with van der Waals surface area (Å²) in [6, 6.07) is 17.2. The molecule has 0 spiro atoms. The Labute approximate surface area is 430 Å². The van der Waals surface area contributed by atoms with Crippen LogP contribution in [0.1, 0.15) is 109 Å². The number of nitrogens with zero attached hydrogens (tertiary/aromatic N) is 9. The van der Waals surface area contributed by atoms with Gasteiger partial charge in [-0.2, -0.15) is 10.1 Å². The summed E-state index contributed by atoms with van der Waals surface area (Å²) < 4.78 is 9.85. The summed E-state index contributed by atoms with van der Waals surface area (Å²) in [5.74, 6) is 0.363. The number of likely N-dealkylation sites (tertiary alicyclic amines) is 1. The zero-order valence-electron chi connectivity index (χ0n) is 41.0. The Morgan fingerprint density at radius 1 is 0.931 bits per heavy atom. The van der Waals surface area contributed by atoms with Crippen molar-refractivity contribution in [2.75, 3.05) is 6.54 Å². The highest BCUT2D eigenvalue weighted by Gasteiger charge is 2.43. The van der Waals surface area contributed by atoms with Crippen LogP contribution in [0.2, 0.25) is 5.02 Å². The van der Waals surface area contributed by atoms with Gasteiger partial charge in [0.25, 0.3) is 0 Å². The molecule has 5 aromatic heterocycles.